The van der Waals surface area contributed by atoms with Crippen LogP contribution >= 0.6 is 0 Å². The standard InChI is InChI=1S/C17H24N2O2/c1-5-9-18-14(4)15-7-8-16(13(3)11-15)21-12-17(20)19-10-6-2/h2,7-8,11,14,18H,5,9-10,12H2,1,3-4H3,(H,19,20). The largest absolute Gasteiger partial charge is 0.484 e. The molecule has 0 aliphatic carbocycles. The first-order valence-corrected chi connectivity index (χ1v) is 7.25. The summed E-state index contributed by atoms with van der Waals surface area (Å²) in [4.78, 5) is 11.4. The number of nitrogens with one attached hydrogen (secondary N) is 2. The number of aryl methyl sites for hydroxylation is 1. The van der Waals surface area contributed by atoms with E-state index in [2.05, 4.69) is 36.5 Å². The summed E-state index contributed by atoms with van der Waals surface area (Å²) in [5, 5.41) is 6.01. The molecule has 1 aromatic carbocycles. The van der Waals surface area contributed by atoms with E-state index in [9.17, 15) is 4.79 Å². The van der Waals surface area contributed by atoms with Crippen molar-refractivity contribution >= 4 is 5.91 Å². The van der Waals surface area contributed by atoms with E-state index >= 15 is 0 Å². The lowest BCUT2D eigenvalue weighted by Gasteiger charge is -2.16. The van der Waals surface area contributed by atoms with Crippen molar-refractivity contribution in [3.8, 4) is 18.1 Å². The molecule has 2 N–H and O–H groups in total. The Bertz CT molecular complexity index is 506. The van der Waals surface area contributed by atoms with Gasteiger partial charge in [0, 0.05) is 6.04 Å². The normalized spacial score (nSPS) is 11.5. The van der Waals surface area contributed by atoms with E-state index in [0.29, 0.717) is 6.04 Å². The predicted molar refractivity (Wildman–Crippen MR) is 85.2 cm³/mol. The molecule has 4 nitrogen and oxygen atoms in total. The highest BCUT2D eigenvalue weighted by molar-refractivity contribution is 5.77. The van der Waals surface area contributed by atoms with Gasteiger partial charge in [0.2, 0.25) is 0 Å². The molecule has 0 radical (unpaired) electrons. The van der Waals surface area contributed by atoms with E-state index in [-0.39, 0.29) is 19.1 Å². The molecule has 1 atom stereocenters. The van der Waals surface area contributed by atoms with Crippen molar-refractivity contribution in [1.29, 1.82) is 0 Å². The maximum Gasteiger partial charge on any atom is 0.258 e. The zero-order valence-electron chi connectivity index (χ0n) is 13.0. The van der Waals surface area contributed by atoms with Crippen LogP contribution in [0, 0.1) is 19.3 Å². The second-order valence-corrected chi connectivity index (χ2v) is 4.97. The van der Waals surface area contributed by atoms with Gasteiger partial charge in [0.1, 0.15) is 5.75 Å². The molecular formula is C17H24N2O2. The Hall–Kier alpha value is -1.99. The highest BCUT2D eigenvalue weighted by Crippen LogP contribution is 2.22. The topological polar surface area (TPSA) is 50.4 Å². The Balaban J connectivity index is 2.58. The molecule has 0 spiro atoms. The van der Waals surface area contributed by atoms with Gasteiger partial charge in [-0.05, 0) is 44.0 Å². The fourth-order valence-corrected chi connectivity index (χ4v) is 1.93. The first-order chi connectivity index (χ1) is 10.1. The van der Waals surface area contributed by atoms with E-state index in [1.165, 1.54) is 5.56 Å². The highest BCUT2D eigenvalue weighted by atomic mass is 16.5. The minimum atomic E-state index is -0.214. The zero-order chi connectivity index (χ0) is 15.7. The molecule has 0 aromatic heterocycles. The summed E-state index contributed by atoms with van der Waals surface area (Å²) in [5.74, 6) is 2.86. The fourth-order valence-electron chi connectivity index (χ4n) is 1.93. The lowest BCUT2D eigenvalue weighted by atomic mass is 10.0. The van der Waals surface area contributed by atoms with E-state index < -0.39 is 0 Å². The van der Waals surface area contributed by atoms with Crippen molar-refractivity contribution in [1.82, 2.24) is 10.6 Å². The number of hydrogen-bond donors (Lipinski definition) is 2. The number of terminal acetylenes is 1. The van der Waals surface area contributed by atoms with Gasteiger partial charge in [0.25, 0.3) is 5.91 Å². The zero-order valence-corrected chi connectivity index (χ0v) is 13.0. The molecule has 0 bridgehead atoms. The Morgan fingerprint density at radius 1 is 1.48 bits per heavy atom. The summed E-state index contributed by atoms with van der Waals surface area (Å²) in [6.07, 6.45) is 6.18. The van der Waals surface area contributed by atoms with Crippen LogP contribution in [-0.2, 0) is 4.79 Å². The maximum atomic E-state index is 11.4. The van der Waals surface area contributed by atoms with Crippen LogP contribution in [0.15, 0.2) is 18.2 Å². The lowest BCUT2D eigenvalue weighted by molar-refractivity contribution is -0.122. The van der Waals surface area contributed by atoms with Gasteiger partial charge >= 0.3 is 0 Å². The van der Waals surface area contributed by atoms with E-state index in [1.54, 1.807) is 0 Å². The van der Waals surface area contributed by atoms with Gasteiger partial charge < -0.3 is 15.4 Å². The second-order valence-electron chi connectivity index (χ2n) is 4.97. The SMILES string of the molecule is C#CCNC(=O)COc1ccc(C(C)NCCC)cc1C. The van der Waals surface area contributed by atoms with Crippen LogP contribution in [0.3, 0.4) is 0 Å². The summed E-state index contributed by atoms with van der Waals surface area (Å²) in [6, 6.07) is 6.32. The van der Waals surface area contributed by atoms with Crippen molar-refractivity contribution in [2.75, 3.05) is 19.7 Å². The van der Waals surface area contributed by atoms with Crippen LogP contribution in [-0.4, -0.2) is 25.6 Å². The molecule has 0 heterocycles. The van der Waals surface area contributed by atoms with Gasteiger partial charge in [-0.2, -0.15) is 0 Å². The number of rotatable bonds is 8. The average Bonchev–Trinajstić information content (AvgIpc) is 2.49. The summed E-state index contributed by atoms with van der Waals surface area (Å²) in [7, 11) is 0. The Morgan fingerprint density at radius 2 is 2.24 bits per heavy atom. The third kappa shape index (κ3) is 5.88. The van der Waals surface area contributed by atoms with Crippen LogP contribution in [0.4, 0.5) is 0 Å². The highest BCUT2D eigenvalue weighted by Gasteiger charge is 2.08. The molecule has 114 valence electrons. The molecule has 0 fully saturated rings. The third-order valence-electron chi connectivity index (χ3n) is 3.15. The Labute approximate surface area is 127 Å². The molecule has 1 unspecified atom stereocenters. The van der Waals surface area contributed by atoms with Crippen LogP contribution in [0.25, 0.3) is 0 Å². The number of ether oxygens (including phenoxy) is 1. The number of carbonyl (C=O) groups is 1. The number of hydrogen-bond acceptors (Lipinski definition) is 3. The minimum absolute atomic E-state index is 0.0223. The first kappa shape index (κ1) is 17.1. The minimum Gasteiger partial charge on any atom is -0.484 e. The Kier molecular flexibility index (Phi) is 7.34. The number of amides is 1. The van der Waals surface area contributed by atoms with Crippen molar-refractivity contribution < 1.29 is 9.53 Å². The van der Waals surface area contributed by atoms with E-state index in [0.717, 1.165) is 24.3 Å². The first-order valence-electron chi connectivity index (χ1n) is 7.25. The van der Waals surface area contributed by atoms with E-state index in [1.807, 2.05) is 19.1 Å². The molecule has 4 heteroatoms. The number of benzene rings is 1. The van der Waals surface area contributed by atoms with Crippen LogP contribution in [0.2, 0.25) is 0 Å². The molecule has 0 aliphatic heterocycles. The lowest BCUT2D eigenvalue weighted by Crippen LogP contribution is -2.29. The van der Waals surface area contributed by atoms with Crippen molar-refractivity contribution in [3.63, 3.8) is 0 Å². The molecule has 1 aromatic rings. The van der Waals surface area contributed by atoms with Crippen LogP contribution in [0.5, 0.6) is 5.75 Å². The van der Waals surface area contributed by atoms with Gasteiger partial charge in [-0.25, -0.2) is 0 Å². The molecule has 0 aliphatic rings. The second kappa shape index (κ2) is 9.04. The fraction of sp³-hybridized carbons (Fsp3) is 0.471. The summed E-state index contributed by atoms with van der Waals surface area (Å²) < 4.78 is 5.51. The quantitative estimate of drug-likeness (QED) is 0.721. The predicted octanol–water partition coefficient (Wildman–Crippen LogP) is 2.18. The summed E-state index contributed by atoms with van der Waals surface area (Å²) in [6.45, 7) is 7.45. The van der Waals surface area contributed by atoms with Crippen LogP contribution in [0.1, 0.15) is 37.4 Å². The number of carbonyl (C=O) groups excluding carboxylic acids is 1. The van der Waals surface area contributed by atoms with Crippen molar-refractivity contribution in [2.24, 2.45) is 0 Å². The Morgan fingerprint density at radius 3 is 2.86 bits per heavy atom. The van der Waals surface area contributed by atoms with Gasteiger partial charge in [0.05, 0.1) is 6.54 Å². The van der Waals surface area contributed by atoms with Gasteiger partial charge in [-0.15, -0.1) is 6.42 Å². The molecule has 1 rings (SSSR count). The summed E-state index contributed by atoms with van der Waals surface area (Å²) >= 11 is 0. The van der Waals surface area contributed by atoms with E-state index in [4.69, 9.17) is 11.2 Å². The maximum absolute atomic E-state index is 11.4. The molecule has 21 heavy (non-hydrogen) atoms. The molecule has 0 saturated carbocycles. The third-order valence-corrected chi connectivity index (χ3v) is 3.15. The van der Waals surface area contributed by atoms with Crippen molar-refractivity contribution in [2.45, 2.75) is 33.2 Å². The van der Waals surface area contributed by atoms with Crippen molar-refractivity contribution in [3.05, 3.63) is 29.3 Å². The van der Waals surface area contributed by atoms with Gasteiger partial charge in [0.15, 0.2) is 6.61 Å². The van der Waals surface area contributed by atoms with Gasteiger partial charge in [-0.3, -0.25) is 4.79 Å². The molecular weight excluding hydrogens is 264 g/mol. The smallest absolute Gasteiger partial charge is 0.258 e. The van der Waals surface area contributed by atoms with Gasteiger partial charge in [-0.1, -0.05) is 25.0 Å². The molecule has 1 amide bonds. The van der Waals surface area contributed by atoms with Crippen LogP contribution < -0.4 is 15.4 Å². The summed E-state index contributed by atoms with van der Waals surface area (Å²) in [5.41, 5.74) is 2.23. The monoisotopic (exact) mass is 288 g/mol. The average molecular weight is 288 g/mol. The molecule has 0 saturated heterocycles.